The Morgan fingerprint density at radius 1 is 1.44 bits per heavy atom. The van der Waals surface area contributed by atoms with Crippen LogP contribution in [0.1, 0.15) is 12.5 Å². The fourth-order valence-corrected chi connectivity index (χ4v) is 1.60. The van der Waals surface area contributed by atoms with Gasteiger partial charge in [-0.25, -0.2) is 4.98 Å². The number of pyridine rings is 1. The number of aromatic nitrogens is 1. The Morgan fingerprint density at radius 3 is 2.88 bits per heavy atom. The molecule has 4 nitrogen and oxygen atoms in total. The lowest BCUT2D eigenvalue weighted by Crippen LogP contribution is -2.12. The fourth-order valence-electron chi connectivity index (χ4n) is 1.60. The zero-order chi connectivity index (χ0) is 11.5. The molecule has 16 heavy (non-hydrogen) atoms. The zero-order valence-corrected chi connectivity index (χ0v) is 9.03. The summed E-state index contributed by atoms with van der Waals surface area (Å²) in [6.45, 7) is 2.44. The molecule has 0 fully saturated rings. The molecule has 0 bridgehead atoms. The Labute approximate surface area is 93.6 Å². The number of hydrogen-bond donors (Lipinski definition) is 2. The summed E-state index contributed by atoms with van der Waals surface area (Å²) in [5, 5.41) is 8.41. The van der Waals surface area contributed by atoms with E-state index in [-0.39, 0.29) is 5.84 Å². The monoisotopic (exact) mass is 215 g/mol. The Hall–Kier alpha value is -2.10. The van der Waals surface area contributed by atoms with E-state index in [1.54, 1.807) is 6.07 Å². The molecule has 2 rings (SSSR count). The van der Waals surface area contributed by atoms with Crippen LogP contribution in [0.15, 0.2) is 30.3 Å². The molecule has 0 saturated heterocycles. The maximum atomic E-state index is 7.54. The second kappa shape index (κ2) is 4.18. The average Bonchev–Trinajstić information content (AvgIpc) is 2.28. The standard InChI is InChI=1S/C12H13N3O/c1-2-16-11-7-9(12(13)14)8-5-3-4-6-10(8)15-11/h3-7H,2H2,1H3,(H3,13,14). The number of amidine groups is 1. The number of fused-ring (bicyclic) bond motifs is 1. The van der Waals surface area contributed by atoms with Crippen molar-refractivity contribution in [3.63, 3.8) is 0 Å². The highest BCUT2D eigenvalue weighted by molar-refractivity contribution is 6.06. The molecule has 1 aromatic carbocycles. The van der Waals surface area contributed by atoms with E-state index in [1.165, 1.54) is 0 Å². The first-order chi connectivity index (χ1) is 7.72. The van der Waals surface area contributed by atoms with Crippen LogP contribution in [0.5, 0.6) is 5.88 Å². The molecule has 1 heterocycles. The largest absolute Gasteiger partial charge is 0.478 e. The Balaban J connectivity index is 2.68. The smallest absolute Gasteiger partial charge is 0.214 e. The van der Waals surface area contributed by atoms with Crippen molar-refractivity contribution in [2.45, 2.75) is 6.92 Å². The molecular weight excluding hydrogens is 202 g/mol. The van der Waals surface area contributed by atoms with Gasteiger partial charge in [-0.2, -0.15) is 0 Å². The number of benzene rings is 1. The number of ether oxygens (including phenoxy) is 1. The quantitative estimate of drug-likeness (QED) is 0.607. The predicted molar refractivity (Wildman–Crippen MR) is 63.9 cm³/mol. The number of hydrogen-bond acceptors (Lipinski definition) is 3. The molecule has 2 aromatic rings. The summed E-state index contributed by atoms with van der Waals surface area (Å²) in [6.07, 6.45) is 0. The highest BCUT2D eigenvalue weighted by atomic mass is 16.5. The molecule has 4 heteroatoms. The lowest BCUT2D eigenvalue weighted by atomic mass is 10.1. The van der Waals surface area contributed by atoms with Crippen molar-refractivity contribution >= 4 is 16.7 Å². The van der Waals surface area contributed by atoms with Gasteiger partial charge in [0, 0.05) is 17.0 Å². The highest BCUT2D eigenvalue weighted by Gasteiger charge is 2.07. The molecule has 0 unspecified atom stereocenters. The van der Waals surface area contributed by atoms with Gasteiger partial charge in [0.15, 0.2) is 0 Å². The minimum absolute atomic E-state index is 0.0274. The average molecular weight is 215 g/mol. The lowest BCUT2D eigenvalue weighted by Gasteiger charge is -2.08. The van der Waals surface area contributed by atoms with Gasteiger partial charge in [-0.15, -0.1) is 0 Å². The second-order valence-electron chi connectivity index (χ2n) is 3.37. The molecular formula is C12H13N3O. The summed E-state index contributed by atoms with van der Waals surface area (Å²) in [5.41, 5.74) is 7.00. The third-order valence-corrected chi connectivity index (χ3v) is 2.28. The first kappa shape index (κ1) is 10.4. The topological polar surface area (TPSA) is 72.0 Å². The van der Waals surface area contributed by atoms with Crippen LogP contribution < -0.4 is 10.5 Å². The van der Waals surface area contributed by atoms with Gasteiger partial charge in [-0.3, -0.25) is 5.41 Å². The Morgan fingerprint density at radius 2 is 2.19 bits per heavy atom. The third kappa shape index (κ3) is 1.82. The van der Waals surface area contributed by atoms with Crippen LogP contribution >= 0.6 is 0 Å². The second-order valence-corrected chi connectivity index (χ2v) is 3.37. The Kier molecular flexibility index (Phi) is 2.72. The molecule has 3 N–H and O–H groups in total. The van der Waals surface area contributed by atoms with Gasteiger partial charge in [0.2, 0.25) is 5.88 Å². The van der Waals surface area contributed by atoms with Gasteiger partial charge in [0.25, 0.3) is 0 Å². The van der Waals surface area contributed by atoms with Crippen molar-refractivity contribution in [1.82, 2.24) is 4.98 Å². The molecule has 0 atom stereocenters. The number of nitrogens with one attached hydrogen (secondary N) is 1. The summed E-state index contributed by atoms with van der Waals surface area (Å²) in [5.74, 6) is 0.533. The van der Waals surface area contributed by atoms with Crippen molar-refractivity contribution in [3.05, 3.63) is 35.9 Å². The van der Waals surface area contributed by atoms with Crippen LogP contribution in [0.3, 0.4) is 0 Å². The van der Waals surface area contributed by atoms with Crippen molar-refractivity contribution < 1.29 is 4.74 Å². The molecule has 0 aliphatic rings. The van der Waals surface area contributed by atoms with Gasteiger partial charge in [-0.05, 0) is 13.0 Å². The first-order valence-corrected chi connectivity index (χ1v) is 5.09. The molecule has 0 amide bonds. The van der Waals surface area contributed by atoms with Gasteiger partial charge in [-0.1, -0.05) is 18.2 Å². The van der Waals surface area contributed by atoms with Crippen molar-refractivity contribution in [3.8, 4) is 5.88 Å². The Bertz CT molecular complexity index is 537. The maximum Gasteiger partial charge on any atom is 0.214 e. The van der Waals surface area contributed by atoms with Crippen LogP contribution in [0.2, 0.25) is 0 Å². The summed E-state index contributed by atoms with van der Waals surface area (Å²) < 4.78 is 5.34. The van der Waals surface area contributed by atoms with Gasteiger partial charge in [0.05, 0.1) is 12.1 Å². The number of rotatable bonds is 3. The molecule has 0 spiro atoms. The minimum atomic E-state index is 0.0274. The van der Waals surface area contributed by atoms with Gasteiger partial charge >= 0.3 is 0 Å². The van der Waals surface area contributed by atoms with Crippen molar-refractivity contribution in [1.29, 1.82) is 5.41 Å². The third-order valence-electron chi connectivity index (χ3n) is 2.28. The van der Waals surface area contributed by atoms with E-state index in [0.29, 0.717) is 18.1 Å². The highest BCUT2D eigenvalue weighted by Crippen LogP contribution is 2.21. The van der Waals surface area contributed by atoms with E-state index in [2.05, 4.69) is 4.98 Å². The molecule has 0 aliphatic carbocycles. The van der Waals surface area contributed by atoms with Crippen LogP contribution in [0.4, 0.5) is 0 Å². The molecule has 0 radical (unpaired) electrons. The van der Waals surface area contributed by atoms with E-state index >= 15 is 0 Å². The molecule has 82 valence electrons. The van der Waals surface area contributed by atoms with Crippen molar-refractivity contribution in [2.75, 3.05) is 6.61 Å². The summed E-state index contributed by atoms with van der Waals surface area (Å²) >= 11 is 0. The van der Waals surface area contributed by atoms with Crippen LogP contribution in [-0.2, 0) is 0 Å². The van der Waals surface area contributed by atoms with E-state index in [9.17, 15) is 0 Å². The SMILES string of the molecule is CCOc1cc(C(=N)N)c2ccccc2n1. The maximum absolute atomic E-state index is 7.54. The first-order valence-electron chi connectivity index (χ1n) is 5.09. The molecule has 0 saturated carbocycles. The zero-order valence-electron chi connectivity index (χ0n) is 9.03. The van der Waals surface area contributed by atoms with Crippen LogP contribution in [-0.4, -0.2) is 17.4 Å². The fraction of sp³-hybridized carbons (Fsp3) is 0.167. The van der Waals surface area contributed by atoms with E-state index in [4.69, 9.17) is 15.9 Å². The normalized spacial score (nSPS) is 10.3. The van der Waals surface area contributed by atoms with Crippen LogP contribution in [0, 0.1) is 5.41 Å². The van der Waals surface area contributed by atoms with Gasteiger partial charge < -0.3 is 10.5 Å². The minimum Gasteiger partial charge on any atom is -0.478 e. The summed E-state index contributed by atoms with van der Waals surface area (Å²) in [6, 6.07) is 9.28. The summed E-state index contributed by atoms with van der Waals surface area (Å²) in [4.78, 5) is 4.33. The molecule has 0 aliphatic heterocycles. The van der Waals surface area contributed by atoms with E-state index < -0.39 is 0 Å². The van der Waals surface area contributed by atoms with Crippen LogP contribution in [0.25, 0.3) is 10.9 Å². The van der Waals surface area contributed by atoms with Crippen molar-refractivity contribution in [2.24, 2.45) is 5.73 Å². The summed E-state index contributed by atoms with van der Waals surface area (Å²) in [7, 11) is 0. The number of nitrogens with two attached hydrogens (primary N) is 1. The number of nitrogen functional groups attached to an aromatic ring is 1. The predicted octanol–water partition coefficient (Wildman–Crippen LogP) is 1.92. The van der Waals surface area contributed by atoms with Gasteiger partial charge in [0.1, 0.15) is 5.84 Å². The van der Waals surface area contributed by atoms with E-state index in [1.807, 2.05) is 31.2 Å². The molecule has 1 aromatic heterocycles. The van der Waals surface area contributed by atoms with E-state index in [0.717, 1.165) is 10.9 Å². The number of para-hydroxylation sites is 1. The number of nitrogens with zero attached hydrogens (tertiary/aromatic N) is 1. The lowest BCUT2D eigenvalue weighted by molar-refractivity contribution is 0.328.